The van der Waals surface area contributed by atoms with E-state index in [-0.39, 0.29) is 6.61 Å². The molecule has 2 aromatic rings. The van der Waals surface area contributed by atoms with Crippen LogP contribution < -0.4 is 4.90 Å². The molecule has 1 amide bonds. The van der Waals surface area contributed by atoms with E-state index >= 15 is 0 Å². The lowest BCUT2D eigenvalue weighted by Crippen LogP contribution is -2.41. The highest BCUT2D eigenvalue weighted by Crippen LogP contribution is 2.35. The maximum atomic E-state index is 12.4. The topological polar surface area (TPSA) is 53.3 Å². The fourth-order valence-electron chi connectivity index (χ4n) is 2.70. The predicted octanol–water partition coefficient (Wildman–Crippen LogP) is 4.28. The molecule has 0 radical (unpaired) electrons. The first-order valence-corrected chi connectivity index (χ1v) is 7.42. The molecule has 4 nitrogen and oxygen atoms in total. The molecule has 0 saturated heterocycles. The lowest BCUT2D eigenvalue weighted by atomic mass is 9.97. The van der Waals surface area contributed by atoms with Gasteiger partial charge in [-0.25, -0.2) is 4.79 Å². The van der Waals surface area contributed by atoms with Gasteiger partial charge < -0.3 is 4.74 Å². The molecule has 1 heterocycles. The molecule has 3 rings (SSSR count). The van der Waals surface area contributed by atoms with Gasteiger partial charge in [-0.2, -0.15) is 5.26 Å². The summed E-state index contributed by atoms with van der Waals surface area (Å²) in [5.74, 6) is 0. The fourth-order valence-corrected chi connectivity index (χ4v) is 2.70. The van der Waals surface area contributed by atoms with Crippen LogP contribution >= 0.6 is 0 Å². The lowest BCUT2D eigenvalue weighted by Gasteiger charge is -2.30. The molecule has 0 N–H and O–H groups in total. The highest BCUT2D eigenvalue weighted by Gasteiger charge is 2.30. The number of carbonyl (C=O) groups is 1. The van der Waals surface area contributed by atoms with Crippen molar-refractivity contribution in [3.05, 3.63) is 60.7 Å². The van der Waals surface area contributed by atoms with Gasteiger partial charge in [-0.1, -0.05) is 42.5 Å². The number of anilines is 1. The average molecular weight is 304 g/mol. The Kier molecular flexibility index (Phi) is 4.11. The molecular weight excluding hydrogens is 288 g/mol. The average Bonchev–Trinajstić information content (AvgIpc) is 2.60. The molecule has 1 aliphatic rings. The van der Waals surface area contributed by atoms with E-state index in [4.69, 9.17) is 4.74 Å². The number of rotatable bonds is 3. The summed E-state index contributed by atoms with van der Waals surface area (Å²) < 4.78 is 5.25. The second-order valence-electron chi connectivity index (χ2n) is 5.21. The fraction of sp³-hybridized carbons (Fsp3) is 0.158. The van der Waals surface area contributed by atoms with Crippen LogP contribution in [0.3, 0.4) is 0 Å². The zero-order valence-electron chi connectivity index (χ0n) is 12.6. The number of hydrogen-bond donors (Lipinski definition) is 0. The lowest BCUT2D eigenvalue weighted by molar-refractivity contribution is 0.155. The number of benzene rings is 2. The smallest absolute Gasteiger partial charge is 0.415 e. The van der Waals surface area contributed by atoms with Crippen molar-refractivity contribution in [2.24, 2.45) is 0 Å². The van der Waals surface area contributed by atoms with Gasteiger partial charge in [0.15, 0.2) is 0 Å². The standard InChI is InChI=1S/C19H16N2O2/c1-2-3-12-23-19(22)21-15(13-20)9-10-17-16-7-5-4-6-14(16)8-11-18(17)21/h2,4-11,15H,1,3,12H2. The highest BCUT2D eigenvalue weighted by atomic mass is 16.6. The molecule has 1 aliphatic heterocycles. The Labute approximate surface area is 134 Å². The summed E-state index contributed by atoms with van der Waals surface area (Å²) in [5, 5.41) is 11.5. The second kappa shape index (κ2) is 6.37. The number of nitriles is 1. The SMILES string of the molecule is C=CCCOC(=O)N1c2ccc3ccccc3c2C=CC1C#N. The number of amides is 1. The van der Waals surface area contributed by atoms with Crippen LogP contribution in [0.5, 0.6) is 0 Å². The van der Waals surface area contributed by atoms with Crippen molar-refractivity contribution < 1.29 is 9.53 Å². The summed E-state index contributed by atoms with van der Waals surface area (Å²) in [6, 6.07) is 13.2. The maximum Gasteiger partial charge on any atom is 0.415 e. The molecule has 114 valence electrons. The summed E-state index contributed by atoms with van der Waals surface area (Å²) >= 11 is 0. The van der Waals surface area contributed by atoms with Crippen molar-refractivity contribution in [1.82, 2.24) is 0 Å². The summed E-state index contributed by atoms with van der Waals surface area (Å²) in [6.45, 7) is 3.86. The first kappa shape index (κ1) is 14.9. The molecule has 0 fully saturated rings. The van der Waals surface area contributed by atoms with Crippen molar-refractivity contribution in [2.75, 3.05) is 11.5 Å². The van der Waals surface area contributed by atoms with Gasteiger partial charge in [-0.3, -0.25) is 4.90 Å². The van der Waals surface area contributed by atoms with Crippen molar-refractivity contribution in [2.45, 2.75) is 12.5 Å². The number of ether oxygens (including phenoxy) is 1. The third-order valence-corrected chi connectivity index (χ3v) is 3.81. The molecule has 0 bridgehead atoms. The van der Waals surface area contributed by atoms with Crippen molar-refractivity contribution in [3.8, 4) is 6.07 Å². The summed E-state index contributed by atoms with van der Waals surface area (Å²) in [4.78, 5) is 13.8. The van der Waals surface area contributed by atoms with E-state index in [1.807, 2.05) is 42.5 Å². The zero-order valence-corrected chi connectivity index (χ0v) is 12.6. The van der Waals surface area contributed by atoms with Gasteiger partial charge in [0.2, 0.25) is 0 Å². The number of carbonyl (C=O) groups excluding carboxylic acids is 1. The second-order valence-corrected chi connectivity index (χ2v) is 5.21. The van der Waals surface area contributed by atoms with Crippen LogP contribution in [0.25, 0.3) is 16.8 Å². The van der Waals surface area contributed by atoms with E-state index in [0.29, 0.717) is 12.1 Å². The molecular formula is C19H16N2O2. The van der Waals surface area contributed by atoms with Crippen LogP contribution in [-0.2, 0) is 4.74 Å². The van der Waals surface area contributed by atoms with Gasteiger partial charge in [0.25, 0.3) is 0 Å². The normalized spacial score (nSPS) is 15.8. The molecule has 4 heteroatoms. The molecule has 0 spiro atoms. The zero-order chi connectivity index (χ0) is 16.2. The van der Waals surface area contributed by atoms with Gasteiger partial charge in [0, 0.05) is 5.56 Å². The Hall–Kier alpha value is -3.06. The van der Waals surface area contributed by atoms with E-state index in [0.717, 1.165) is 16.3 Å². The molecule has 0 aromatic heterocycles. The van der Waals surface area contributed by atoms with E-state index in [1.54, 1.807) is 12.2 Å². The largest absolute Gasteiger partial charge is 0.449 e. The molecule has 0 saturated carbocycles. The van der Waals surface area contributed by atoms with Crippen LogP contribution in [0.1, 0.15) is 12.0 Å². The first-order valence-electron chi connectivity index (χ1n) is 7.42. The van der Waals surface area contributed by atoms with Crippen LogP contribution in [0.15, 0.2) is 55.1 Å². The van der Waals surface area contributed by atoms with Crippen LogP contribution in [0.4, 0.5) is 10.5 Å². The van der Waals surface area contributed by atoms with Crippen LogP contribution in [0.2, 0.25) is 0 Å². The van der Waals surface area contributed by atoms with Gasteiger partial charge in [0.05, 0.1) is 18.4 Å². The number of nitrogens with zero attached hydrogens (tertiary/aromatic N) is 2. The minimum Gasteiger partial charge on any atom is -0.449 e. The molecule has 1 unspecified atom stereocenters. The van der Waals surface area contributed by atoms with E-state index < -0.39 is 12.1 Å². The van der Waals surface area contributed by atoms with Crippen molar-refractivity contribution in [1.29, 1.82) is 5.26 Å². The van der Waals surface area contributed by atoms with Gasteiger partial charge in [-0.15, -0.1) is 6.58 Å². The van der Waals surface area contributed by atoms with Crippen LogP contribution in [-0.4, -0.2) is 18.7 Å². The quantitative estimate of drug-likeness (QED) is 0.628. The number of hydrogen-bond acceptors (Lipinski definition) is 3. The first-order chi connectivity index (χ1) is 11.3. The number of fused-ring (bicyclic) bond motifs is 3. The Morgan fingerprint density at radius 2 is 2.17 bits per heavy atom. The molecule has 2 aromatic carbocycles. The minimum atomic E-state index is -0.667. The van der Waals surface area contributed by atoms with Crippen molar-refractivity contribution in [3.63, 3.8) is 0 Å². The van der Waals surface area contributed by atoms with E-state index in [9.17, 15) is 10.1 Å². The predicted molar refractivity (Wildman–Crippen MR) is 91.0 cm³/mol. The van der Waals surface area contributed by atoms with Crippen molar-refractivity contribution >= 4 is 28.6 Å². The van der Waals surface area contributed by atoms with E-state index in [1.165, 1.54) is 4.90 Å². The molecule has 1 atom stereocenters. The van der Waals surface area contributed by atoms with Gasteiger partial charge in [0.1, 0.15) is 6.04 Å². The summed E-state index contributed by atoms with van der Waals surface area (Å²) in [5.41, 5.74) is 1.62. The third kappa shape index (κ3) is 2.69. The summed E-state index contributed by atoms with van der Waals surface area (Å²) in [7, 11) is 0. The Bertz CT molecular complexity index is 833. The Balaban J connectivity index is 2.04. The Morgan fingerprint density at radius 3 is 2.96 bits per heavy atom. The minimum absolute atomic E-state index is 0.254. The monoisotopic (exact) mass is 304 g/mol. The molecule has 23 heavy (non-hydrogen) atoms. The molecule has 0 aliphatic carbocycles. The third-order valence-electron chi connectivity index (χ3n) is 3.81. The van der Waals surface area contributed by atoms with Crippen LogP contribution in [0, 0.1) is 11.3 Å². The van der Waals surface area contributed by atoms with E-state index in [2.05, 4.69) is 12.6 Å². The highest BCUT2D eigenvalue weighted by molar-refractivity contribution is 6.03. The summed E-state index contributed by atoms with van der Waals surface area (Å²) in [6.07, 6.45) is 5.38. The van der Waals surface area contributed by atoms with Gasteiger partial charge in [-0.05, 0) is 29.3 Å². The Morgan fingerprint density at radius 1 is 1.35 bits per heavy atom. The van der Waals surface area contributed by atoms with Gasteiger partial charge >= 0.3 is 6.09 Å². The maximum absolute atomic E-state index is 12.4.